The fraction of sp³-hybridized carbons (Fsp3) is 0.565. The molecule has 0 N–H and O–H groups in total. The summed E-state index contributed by atoms with van der Waals surface area (Å²) in [5.74, 6) is 0.145. The number of rotatable bonds is 10. The van der Waals surface area contributed by atoms with Crippen LogP contribution < -0.4 is 4.74 Å². The number of esters is 1. The minimum atomic E-state index is -0.415. The zero-order valence-corrected chi connectivity index (χ0v) is 17.6. The SMILES string of the molecule is CCOCCOC(=O)COC1CCC2C(=O)C(Oc3ccc(CC)cc3)=COC2C1. The Bertz CT molecular complexity index is 740. The molecule has 164 valence electrons. The van der Waals surface area contributed by atoms with E-state index >= 15 is 0 Å². The Morgan fingerprint density at radius 2 is 1.93 bits per heavy atom. The summed E-state index contributed by atoms with van der Waals surface area (Å²) in [6, 6.07) is 7.68. The van der Waals surface area contributed by atoms with Crippen LogP contribution in [0.4, 0.5) is 0 Å². The predicted molar refractivity (Wildman–Crippen MR) is 109 cm³/mol. The first kappa shape index (κ1) is 22.3. The molecule has 1 heterocycles. The number of Topliss-reactive ketones (excluding diaryl/α,β-unsaturated/α-hetero) is 1. The summed E-state index contributed by atoms with van der Waals surface area (Å²) in [5.41, 5.74) is 1.21. The average Bonchev–Trinajstić information content (AvgIpc) is 2.77. The molecule has 0 aromatic heterocycles. The molecule has 1 fully saturated rings. The lowest BCUT2D eigenvalue weighted by atomic mass is 9.80. The first-order valence-electron chi connectivity index (χ1n) is 10.6. The summed E-state index contributed by atoms with van der Waals surface area (Å²) in [5, 5.41) is 0. The van der Waals surface area contributed by atoms with Gasteiger partial charge in [0.25, 0.3) is 0 Å². The molecule has 1 aliphatic heterocycles. The van der Waals surface area contributed by atoms with Crippen molar-refractivity contribution in [2.45, 2.75) is 51.7 Å². The van der Waals surface area contributed by atoms with Crippen LogP contribution in [0.2, 0.25) is 0 Å². The van der Waals surface area contributed by atoms with E-state index in [4.69, 9.17) is 23.7 Å². The van der Waals surface area contributed by atoms with Crippen molar-refractivity contribution in [3.63, 3.8) is 0 Å². The fourth-order valence-corrected chi connectivity index (χ4v) is 3.67. The minimum absolute atomic E-state index is 0.0420. The highest BCUT2D eigenvalue weighted by Gasteiger charge is 2.41. The molecule has 3 rings (SSSR count). The molecule has 3 atom stereocenters. The lowest BCUT2D eigenvalue weighted by Crippen LogP contribution is -2.42. The Balaban J connectivity index is 1.46. The number of benzene rings is 1. The smallest absolute Gasteiger partial charge is 0.332 e. The third-order valence-electron chi connectivity index (χ3n) is 5.36. The van der Waals surface area contributed by atoms with Gasteiger partial charge in [0.15, 0.2) is 0 Å². The van der Waals surface area contributed by atoms with Crippen molar-refractivity contribution in [1.82, 2.24) is 0 Å². The van der Waals surface area contributed by atoms with E-state index in [1.54, 1.807) is 0 Å². The number of carbonyl (C=O) groups excluding carboxylic acids is 2. The maximum absolute atomic E-state index is 12.8. The Morgan fingerprint density at radius 1 is 1.13 bits per heavy atom. The maximum Gasteiger partial charge on any atom is 0.332 e. The van der Waals surface area contributed by atoms with Crippen molar-refractivity contribution in [1.29, 1.82) is 0 Å². The number of allylic oxidation sites excluding steroid dienone is 1. The molecule has 0 saturated heterocycles. The van der Waals surface area contributed by atoms with Crippen LogP contribution in [0.15, 0.2) is 36.3 Å². The van der Waals surface area contributed by atoms with Gasteiger partial charge in [0, 0.05) is 13.0 Å². The van der Waals surface area contributed by atoms with E-state index in [0.717, 1.165) is 6.42 Å². The van der Waals surface area contributed by atoms with Gasteiger partial charge in [-0.25, -0.2) is 4.79 Å². The van der Waals surface area contributed by atoms with Crippen molar-refractivity contribution in [2.75, 3.05) is 26.4 Å². The zero-order chi connectivity index (χ0) is 21.3. The van der Waals surface area contributed by atoms with Crippen molar-refractivity contribution >= 4 is 11.8 Å². The van der Waals surface area contributed by atoms with Gasteiger partial charge < -0.3 is 23.7 Å². The van der Waals surface area contributed by atoms with Crippen molar-refractivity contribution < 1.29 is 33.3 Å². The number of aryl methyl sites for hydroxylation is 1. The maximum atomic E-state index is 12.8. The molecule has 0 amide bonds. The molecule has 30 heavy (non-hydrogen) atoms. The number of carbonyl (C=O) groups is 2. The van der Waals surface area contributed by atoms with Crippen LogP contribution in [-0.4, -0.2) is 50.4 Å². The number of ether oxygens (including phenoxy) is 5. The van der Waals surface area contributed by atoms with E-state index in [0.29, 0.717) is 38.2 Å². The highest BCUT2D eigenvalue weighted by atomic mass is 16.6. The second-order valence-corrected chi connectivity index (χ2v) is 7.39. The van der Waals surface area contributed by atoms with Gasteiger partial charge in [0.1, 0.15) is 31.3 Å². The Kier molecular flexibility index (Phi) is 8.28. The monoisotopic (exact) mass is 418 g/mol. The lowest BCUT2D eigenvalue weighted by molar-refractivity contribution is -0.156. The molecule has 1 aliphatic carbocycles. The molecule has 1 aromatic carbocycles. The fourth-order valence-electron chi connectivity index (χ4n) is 3.67. The Hall–Kier alpha value is -2.38. The van der Waals surface area contributed by atoms with E-state index in [1.807, 2.05) is 31.2 Å². The van der Waals surface area contributed by atoms with Crippen LogP contribution in [0.3, 0.4) is 0 Å². The Morgan fingerprint density at radius 3 is 2.67 bits per heavy atom. The van der Waals surface area contributed by atoms with Gasteiger partial charge in [-0.3, -0.25) is 4.79 Å². The quantitative estimate of drug-likeness (QED) is 0.426. The number of fused-ring (bicyclic) bond motifs is 1. The summed E-state index contributed by atoms with van der Waals surface area (Å²) < 4.78 is 27.4. The first-order valence-corrected chi connectivity index (χ1v) is 10.6. The van der Waals surface area contributed by atoms with E-state index in [-0.39, 0.29) is 42.9 Å². The first-order chi connectivity index (χ1) is 14.6. The number of ketones is 1. The molecule has 3 unspecified atom stereocenters. The van der Waals surface area contributed by atoms with E-state index in [9.17, 15) is 9.59 Å². The van der Waals surface area contributed by atoms with E-state index < -0.39 is 5.97 Å². The normalized spacial score (nSPS) is 23.2. The molecule has 0 radical (unpaired) electrons. The van der Waals surface area contributed by atoms with Crippen LogP contribution in [0.25, 0.3) is 0 Å². The summed E-state index contributed by atoms with van der Waals surface area (Å²) in [6.07, 6.45) is 3.81. The topological polar surface area (TPSA) is 80.3 Å². The highest BCUT2D eigenvalue weighted by molar-refractivity contribution is 5.96. The molecule has 7 heteroatoms. The summed E-state index contributed by atoms with van der Waals surface area (Å²) in [6.45, 7) is 5.04. The van der Waals surface area contributed by atoms with Gasteiger partial charge in [-0.15, -0.1) is 0 Å². The zero-order valence-electron chi connectivity index (χ0n) is 17.6. The Labute approximate surface area is 177 Å². The predicted octanol–water partition coefficient (Wildman–Crippen LogP) is 3.20. The highest BCUT2D eigenvalue weighted by Crippen LogP contribution is 2.35. The van der Waals surface area contributed by atoms with Gasteiger partial charge in [-0.05, 0) is 43.9 Å². The van der Waals surface area contributed by atoms with Gasteiger partial charge >= 0.3 is 5.97 Å². The molecule has 0 bridgehead atoms. The third-order valence-corrected chi connectivity index (χ3v) is 5.36. The van der Waals surface area contributed by atoms with E-state index in [2.05, 4.69) is 6.92 Å². The van der Waals surface area contributed by atoms with E-state index in [1.165, 1.54) is 11.8 Å². The van der Waals surface area contributed by atoms with Gasteiger partial charge in [-0.1, -0.05) is 19.1 Å². The molecule has 1 aromatic rings. The largest absolute Gasteiger partial charge is 0.493 e. The average molecular weight is 418 g/mol. The third kappa shape index (κ3) is 6.06. The van der Waals surface area contributed by atoms with Gasteiger partial charge in [-0.2, -0.15) is 0 Å². The van der Waals surface area contributed by atoms with Gasteiger partial charge in [0.05, 0.1) is 18.6 Å². The van der Waals surface area contributed by atoms with Crippen molar-refractivity contribution in [2.24, 2.45) is 5.92 Å². The van der Waals surface area contributed by atoms with Crippen LogP contribution in [0.5, 0.6) is 5.75 Å². The minimum Gasteiger partial charge on any atom is -0.493 e. The number of hydrogen-bond acceptors (Lipinski definition) is 7. The van der Waals surface area contributed by atoms with Crippen molar-refractivity contribution in [3.05, 3.63) is 41.9 Å². The second kappa shape index (κ2) is 11.1. The molecular formula is C23H30O7. The summed E-state index contributed by atoms with van der Waals surface area (Å²) in [7, 11) is 0. The molecule has 0 spiro atoms. The second-order valence-electron chi connectivity index (χ2n) is 7.39. The van der Waals surface area contributed by atoms with Crippen molar-refractivity contribution in [3.8, 4) is 5.75 Å². The molecular weight excluding hydrogens is 388 g/mol. The standard InChI is InChI=1S/C23H30O7/c1-3-16-5-7-17(8-6-16)30-21-14-29-20-13-18(9-10-19(20)23(21)25)28-15-22(24)27-12-11-26-4-2/h5-8,14,18-20H,3-4,9-13,15H2,1-2H3. The summed E-state index contributed by atoms with van der Waals surface area (Å²) >= 11 is 0. The van der Waals surface area contributed by atoms with Crippen LogP contribution in [0, 0.1) is 5.92 Å². The molecule has 1 saturated carbocycles. The number of hydrogen-bond donors (Lipinski definition) is 0. The summed E-state index contributed by atoms with van der Waals surface area (Å²) in [4.78, 5) is 24.6. The van der Waals surface area contributed by atoms with Crippen LogP contribution in [-0.2, 0) is 35.0 Å². The molecule has 7 nitrogen and oxygen atoms in total. The van der Waals surface area contributed by atoms with Gasteiger partial charge in [0.2, 0.25) is 11.5 Å². The lowest BCUT2D eigenvalue weighted by Gasteiger charge is -2.36. The molecule has 2 aliphatic rings. The van der Waals surface area contributed by atoms with Crippen LogP contribution >= 0.6 is 0 Å². The van der Waals surface area contributed by atoms with Crippen LogP contribution in [0.1, 0.15) is 38.7 Å².